The van der Waals surface area contributed by atoms with E-state index in [1.165, 1.54) is 31.4 Å². The number of nitro benzene ring substituents is 1. The van der Waals surface area contributed by atoms with Gasteiger partial charge in [-0.15, -0.1) is 0 Å². The van der Waals surface area contributed by atoms with Crippen molar-refractivity contribution in [1.82, 2.24) is 0 Å². The van der Waals surface area contributed by atoms with Gasteiger partial charge in [0.1, 0.15) is 5.75 Å². The first-order valence-corrected chi connectivity index (χ1v) is 9.10. The van der Waals surface area contributed by atoms with E-state index < -0.39 is 11.0 Å². The minimum absolute atomic E-state index is 0.0323. The summed E-state index contributed by atoms with van der Waals surface area (Å²) >= 11 is 5.96. The Kier molecular flexibility index (Phi) is 7.52. The molecular weight excluding hydrogens is 400 g/mol. The second kappa shape index (κ2) is 9.85. The molecule has 2 rings (SSSR count). The Hall–Kier alpha value is -3.17. The Labute approximate surface area is 172 Å². The fourth-order valence-corrected chi connectivity index (χ4v) is 2.69. The van der Waals surface area contributed by atoms with Crippen LogP contribution in [-0.2, 0) is 9.59 Å². The van der Waals surface area contributed by atoms with Crippen LogP contribution < -0.4 is 20.3 Å². The first kappa shape index (κ1) is 22.1. The third-order valence-corrected chi connectivity index (χ3v) is 4.59. The molecule has 10 heteroatoms. The number of benzene rings is 2. The van der Waals surface area contributed by atoms with E-state index in [1.807, 2.05) is 0 Å². The second-order valence-corrected chi connectivity index (χ2v) is 6.87. The van der Waals surface area contributed by atoms with Crippen molar-refractivity contribution in [2.45, 2.75) is 13.0 Å². The number of nitrogens with zero attached hydrogens (tertiary/aromatic N) is 1. The first-order chi connectivity index (χ1) is 13.7. The van der Waals surface area contributed by atoms with Gasteiger partial charge in [-0.1, -0.05) is 11.6 Å². The molecule has 2 atom stereocenters. The lowest BCUT2D eigenvalue weighted by Crippen LogP contribution is -3.14. The predicted molar refractivity (Wildman–Crippen MR) is 110 cm³/mol. The topological polar surface area (TPSA) is 115 Å². The Bertz CT molecular complexity index is 904. The van der Waals surface area contributed by atoms with Crippen molar-refractivity contribution in [3.63, 3.8) is 0 Å². The van der Waals surface area contributed by atoms with Crippen molar-refractivity contribution in [2.75, 3.05) is 31.3 Å². The molecule has 0 radical (unpaired) electrons. The van der Waals surface area contributed by atoms with Crippen LogP contribution in [0.3, 0.4) is 0 Å². The van der Waals surface area contributed by atoms with Gasteiger partial charge in [0, 0.05) is 22.8 Å². The third-order valence-electron chi connectivity index (χ3n) is 4.35. The van der Waals surface area contributed by atoms with E-state index in [9.17, 15) is 19.7 Å². The Morgan fingerprint density at radius 1 is 1.21 bits per heavy atom. The number of amides is 2. The molecule has 2 aromatic rings. The Balaban J connectivity index is 1.94. The summed E-state index contributed by atoms with van der Waals surface area (Å²) in [5.41, 5.74) is 0.820. The minimum Gasteiger partial charge on any atom is -0.495 e. The number of carbonyl (C=O) groups is 2. The van der Waals surface area contributed by atoms with Gasteiger partial charge in [0.25, 0.3) is 17.5 Å². The van der Waals surface area contributed by atoms with Gasteiger partial charge in [-0.25, -0.2) is 0 Å². The molecule has 0 heterocycles. The zero-order valence-corrected chi connectivity index (χ0v) is 16.9. The molecule has 0 spiro atoms. The van der Waals surface area contributed by atoms with Crippen LogP contribution in [0, 0.1) is 10.1 Å². The smallest absolute Gasteiger partial charge is 0.282 e. The SMILES string of the molecule is COc1ccc(Cl)cc1NC(=O)C[NH+](C)[C@H](C)C(=O)Nc1ccc([N+](=O)[O-])cc1. The Morgan fingerprint density at radius 3 is 2.45 bits per heavy atom. The van der Waals surface area contributed by atoms with Crippen molar-refractivity contribution >= 4 is 40.5 Å². The number of carbonyl (C=O) groups excluding carboxylic acids is 2. The average Bonchev–Trinajstić information content (AvgIpc) is 2.67. The van der Waals surface area contributed by atoms with Gasteiger partial charge in [0.05, 0.1) is 24.8 Å². The average molecular weight is 422 g/mol. The highest BCUT2D eigenvalue weighted by Crippen LogP contribution is 2.27. The fraction of sp³-hybridized carbons (Fsp3) is 0.263. The van der Waals surface area contributed by atoms with Crippen LogP contribution in [0.15, 0.2) is 42.5 Å². The quantitative estimate of drug-likeness (QED) is 0.443. The van der Waals surface area contributed by atoms with Crippen molar-refractivity contribution in [1.29, 1.82) is 0 Å². The molecule has 9 nitrogen and oxygen atoms in total. The van der Waals surface area contributed by atoms with Crippen molar-refractivity contribution in [2.24, 2.45) is 0 Å². The first-order valence-electron chi connectivity index (χ1n) is 8.72. The van der Waals surface area contributed by atoms with Gasteiger partial charge in [-0.3, -0.25) is 19.7 Å². The number of ether oxygens (including phenoxy) is 1. The molecule has 0 saturated heterocycles. The zero-order chi connectivity index (χ0) is 21.6. The summed E-state index contributed by atoms with van der Waals surface area (Å²) in [6.45, 7) is 1.72. The van der Waals surface area contributed by atoms with Gasteiger partial charge < -0.3 is 20.3 Å². The molecule has 0 aliphatic rings. The normalized spacial score (nSPS) is 12.6. The number of methoxy groups -OCH3 is 1. The second-order valence-electron chi connectivity index (χ2n) is 6.43. The summed E-state index contributed by atoms with van der Waals surface area (Å²) in [6, 6.07) is 9.86. The molecule has 1 unspecified atom stereocenters. The number of non-ortho nitro benzene ring substituents is 1. The van der Waals surface area contributed by atoms with Gasteiger partial charge in [-0.2, -0.15) is 0 Å². The maximum atomic E-state index is 12.4. The van der Waals surface area contributed by atoms with Gasteiger partial charge in [0.2, 0.25) is 0 Å². The molecule has 29 heavy (non-hydrogen) atoms. The van der Waals surface area contributed by atoms with Crippen LogP contribution in [0.4, 0.5) is 17.1 Å². The number of likely N-dealkylation sites (N-methyl/N-ethyl adjacent to an activating group) is 1. The number of halogens is 1. The molecule has 0 aromatic heterocycles. The van der Waals surface area contributed by atoms with Gasteiger partial charge in [-0.05, 0) is 37.3 Å². The summed E-state index contributed by atoms with van der Waals surface area (Å²) < 4.78 is 5.20. The summed E-state index contributed by atoms with van der Waals surface area (Å²) in [6.07, 6.45) is 0. The van der Waals surface area contributed by atoms with Crippen molar-refractivity contribution < 1.29 is 24.1 Å². The lowest BCUT2D eigenvalue weighted by atomic mass is 10.2. The summed E-state index contributed by atoms with van der Waals surface area (Å²) in [5.74, 6) is -0.146. The molecule has 0 fully saturated rings. The Morgan fingerprint density at radius 2 is 1.86 bits per heavy atom. The maximum Gasteiger partial charge on any atom is 0.282 e. The molecule has 0 aliphatic carbocycles. The fourth-order valence-electron chi connectivity index (χ4n) is 2.52. The lowest BCUT2D eigenvalue weighted by Gasteiger charge is -2.21. The number of nitrogens with one attached hydrogen (secondary N) is 3. The maximum absolute atomic E-state index is 12.4. The lowest BCUT2D eigenvalue weighted by molar-refractivity contribution is -0.885. The van der Waals surface area contributed by atoms with E-state index >= 15 is 0 Å². The van der Waals surface area contributed by atoms with E-state index in [-0.39, 0.29) is 24.0 Å². The molecule has 3 N–H and O–H groups in total. The summed E-state index contributed by atoms with van der Waals surface area (Å²) in [7, 11) is 3.20. The number of hydrogen-bond donors (Lipinski definition) is 3. The number of hydrogen-bond acceptors (Lipinski definition) is 5. The van der Waals surface area contributed by atoms with Crippen molar-refractivity contribution in [3.05, 3.63) is 57.6 Å². The summed E-state index contributed by atoms with van der Waals surface area (Å²) in [4.78, 5) is 35.6. The minimum atomic E-state index is -0.544. The number of nitro groups is 1. The van der Waals surface area contributed by atoms with Crippen LogP contribution in [0.5, 0.6) is 5.75 Å². The molecule has 2 amide bonds. The standard InChI is InChI=1S/C19H21ClN4O5/c1-12(19(26)21-14-5-7-15(8-6-14)24(27)28)23(2)11-18(25)22-16-10-13(20)4-9-17(16)29-3/h4-10,12H,11H2,1-3H3,(H,21,26)(H,22,25)/p+1/t12-/m1/s1. The molecule has 0 bridgehead atoms. The number of quaternary nitrogens is 1. The van der Waals surface area contributed by atoms with E-state index in [0.29, 0.717) is 27.0 Å². The predicted octanol–water partition coefficient (Wildman–Crippen LogP) is 1.74. The number of rotatable bonds is 8. The van der Waals surface area contributed by atoms with E-state index in [0.717, 1.165) is 0 Å². The van der Waals surface area contributed by atoms with Crippen LogP contribution in [0.1, 0.15) is 6.92 Å². The highest BCUT2D eigenvalue weighted by molar-refractivity contribution is 6.31. The molecule has 0 saturated carbocycles. The zero-order valence-electron chi connectivity index (χ0n) is 16.2. The molecule has 154 valence electrons. The number of anilines is 2. The molecule has 2 aromatic carbocycles. The van der Waals surface area contributed by atoms with E-state index in [1.54, 1.807) is 32.2 Å². The van der Waals surface area contributed by atoms with Gasteiger partial charge in [0.15, 0.2) is 12.6 Å². The largest absolute Gasteiger partial charge is 0.495 e. The van der Waals surface area contributed by atoms with Crippen molar-refractivity contribution in [3.8, 4) is 5.75 Å². The van der Waals surface area contributed by atoms with E-state index in [4.69, 9.17) is 16.3 Å². The highest BCUT2D eigenvalue weighted by atomic mass is 35.5. The monoisotopic (exact) mass is 421 g/mol. The van der Waals surface area contributed by atoms with Crippen LogP contribution in [-0.4, -0.2) is 43.5 Å². The highest BCUT2D eigenvalue weighted by Gasteiger charge is 2.24. The summed E-state index contributed by atoms with van der Waals surface area (Å²) in [5, 5.41) is 16.6. The van der Waals surface area contributed by atoms with Crippen LogP contribution in [0.25, 0.3) is 0 Å². The van der Waals surface area contributed by atoms with E-state index in [2.05, 4.69) is 10.6 Å². The molecule has 0 aliphatic heterocycles. The van der Waals surface area contributed by atoms with Crippen LogP contribution in [0.2, 0.25) is 5.02 Å². The van der Waals surface area contributed by atoms with Crippen LogP contribution >= 0.6 is 11.6 Å². The van der Waals surface area contributed by atoms with Gasteiger partial charge >= 0.3 is 0 Å². The third kappa shape index (κ3) is 6.16. The molecular formula is C19H22ClN4O5+.